The van der Waals surface area contributed by atoms with Crippen molar-refractivity contribution in [3.05, 3.63) is 23.3 Å². The van der Waals surface area contributed by atoms with Gasteiger partial charge in [0.25, 0.3) is 0 Å². The van der Waals surface area contributed by atoms with Crippen molar-refractivity contribution < 1.29 is 10.2 Å². The summed E-state index contributed by atoms with van der Waals surface area (Å²) in [6.45, 7) is 6.85. The lowest BCUT2D eigenvalue weighted by Gasteiger charge is -2.56. The fourth-order valence-corrected chi connectivity index (χ4v) is 6.75. The fourth-order valence-electron chi connectivity index (χ4n) is 6.75. The number of rotatable bonds is 1. The van der Waals surface area contributed by atoms with Crippen LogP contribution in [-0.4, -0.2) is 22.4 Å². The lowest BCUT2D eigenvalue weighted by Crippen LogP contribution is -2.48. The summed E-state index contributed by atoms with van der Waals surface area (Å²) in [6.07, 6.45) is 12.3. The lowest BCUT2D eigenvalue weighted by atomic mass is 9.48. The molecular formula is C21H32O2. The molecule has 2 unspecified atom stereocenters. The first-order valence-corrected chi connectivity index (χ1v) is 9.62. The van der Waals surface area contributed by atoms with Crippen LogP contribution in [0.2, 0.25) is 0 Å². The van der Waals surface area contributed by atoms with Gasteiger partial charge in [0, 0.05) is 0 Å². The van der Waals surface area contributed by atoms with Crippen LogP contribution < -0.4 is 0 Å². The zero-order valence-corrected chi connectivity index (χ0v) is 14.9. The smallest absolute Gasteiger partial charge is 0.0577 e. The SMILES string of the molecule is CC(O)[C@H]1CC=C2[C@@H]3CC=C4CC(O)CC[C@]4(C)[C@H]3CC[C@@]21C. The Morgan fingerprint density at radius 3 is 2.57 bits per heavy atom. The molecule has 7 atom stereocenters. The molecule has 23 heavy (non-hydrogen) atoms. The zero-order valence-electron chi connectivity index (χ0n) is 14.9. The van der Waals surface area contributed by atoms with Crippen molar-refractivity contribution >= 4 is 0 Å². The number of aliphatic hydroxyl groups is 2. The first kappa shape index (κ1) is 15.9. The highest BCUT2D eigenvalue weighted by atomic mass is 16.3. The number of allylic oxidation sites excluding steroid dienone is 3. The summed E-state index contributed by atoms with van der Waals surface area (Å²) in [5, 5.41) is 20.3. The van der Waals surface area contributed by atoms with Gasteiger partial charge in [-0.15, -0.1) is 0 Å². The van der Waals surface area contributed by atoms with Crippen LogP contribution in [0.3, 0.4) is 0 Å². The third-order valence-electron chi connectivity index (χ3n) is 8.13. The van der Waals surface area contributed by atoms with Crippen LogP contribution in [0.4, 0.5) is 0 Å². The van der Waals surface area contributed by atoms with Gasteiger partial charge in [-0.25, -0.2) is 0 Å². The van der Waals surface area contributed by atoms with Crippen LogP contribution in [0.5, 0.6) is 0 Å². The summed E-state index contributed by atoms with van der Waals surface area (Å²) in [4.78, 5) is 0. The van der Waals surface area contributed by atoms with Gasteiger partial charge in [-0.2, -0.15) is 0 Å². The second-order valence-electron chi connectivity index (χ2n) is 9.19. The largest absolute Gasteiger partial charge is 0.393 e. The molecule has 0 aromatic rings. The van der Waals surface area contributed by atoms with Crippen LogP contribution in [0.1, 0.15) is 65.7 Å². The van der Waals surface area contributed by atoms with E-state index in [9.17, 15) is 10.2 Å². The average Bonchev–Trinajstić information content (AvgIpc) is 2.85. The van der Waals surface area contributed by atoms with E-state index in [4.69, 9.17) is 0 Å². The summed E-state index contributed by atoms with van der Waals surface area (Å²) in [6, 6.07) is 0. The van der Waals surface area contributed by atoms with E-state index in [0.717, 1.165) is 38.0 Å². The Bertz CT molecular complexity index is 560. The van der Waals surface area contributed by atoms with Crippen LogP contribution in [0.15, 0.2) is 23.3 Å². The van der Waals surface area contributed by atoms with E-state index in [1.165, 1.54) is 18.4 Å². The Hall–Kier alpha value is -0.600. The van der Waals surface area contributed by atoms with Crippen molar-refractivity contribution in [3.63, 3.8) is 0 Å². The molecule has 2 saturated carbocycles. The Balaban J connectivity index is 1.68. The van der Waals surface area contributed by atoms with Gasteiger partial charge in [-0.05, 0) is 80.5 Å². The third-order valence-corrected chi connectivity index (χ3v) is 8.13. The summed E-state index contributed by atoms with van der Waals surface area (Å²) in [5.41, 5.74) is 3.70. The molecule has 2 fully saturated rings. The van der Waals surface area contributed by atoms with Gasteiger partial charge in [0.15, 0.2) is 0 Å². The molecule has 0 amide bonds. The summed E-state index contributed by atoms with van der Waals surface area (Å²) in [7, 11) is 0. The summed E-state index contributed by atoms with van der Waals surface area (Å²) < 4.78 is 0. The molecular weight excluding hydrogens is 284 g/mol. The molecule has 128 valence electrons. The predicted molar refractivity (Wildman–Crippen MR) is 92.9 cm³/mol. The van der Waals surface area contributed by atoms with E-state index in [1.807, 2.05) is 6.92 Å². The molecule has 0 heterocycles. The van der Waals surface area contributed by atoms with E-state index < -0.39 is 0 Å². The molecule has 0 spiro atoms. The van der Waals surface area contributed by atoms with Crippen molar-refractivity contribution in [2.24, 2.45) is 28.6 Å². The predicted octanol–water partition coefficient (Wildman–Crippen LogP) is 4.23. The molecule has 4 rings (SSSR count). The molecule has 2 heteroatoms. The maximum Gasteiger partial charge on any atom is 0.0577 e. The lowest BCUT2D eigenvalue weighted by molar-refractivity contribution is -0.000695. The third kappa shape index (κ3) is 2.14. The number of hydrogen-bond donors (Lipinski definition) is 2. The average molecular weight is 316 g/mol. The Kier molecular flexibility index (Phi) is 3.59. The summed E-state index contributed by atoms with van der Waals surface area (Å²) in [5.74, 6) is 1.81. The van der Waals surface area contributed by atoms with Crippen LogP contribution >= 0.6 is 0 Å². The van der Waals surface area contributed by atoms with Crippen molar-refractivity contribution in [2.45, 2.75) is 77.9 Å². The molecule has 2 N–H and O–H groups in total. The fraction of sp³-hybridized carbons (Fsp3) is 0.810. The minimum absolute atomic E-state index is 0.120. The van der Waals surface area contributed by atoms with Crippen LogP contribution in [-0.2, 0) is 0 Å². The molecule has 0 aromatic heterocycles. The normalized spacial score (nSPS) is 50.3. The van der Waals surface area contributed by atoms with E-state index in [-0.39, 0.29) is 17.6 Å². The highest BCUT2D eigenvalue weighted by Crippen LogP contribution is 2.64. The van der Waals surface area contributed by atoms with E-state index in [0.29, 0.717) is 17.3 Å². The van der Waals surface area contributed by atoms with Crippen molar-refractivity contribution in [1.82, 2.24) is 0 Å². The van der Waals surface area contributed by atoms with Gasteiger partial charge in [0.2, 0.25) is 0 Å². The molecule has 0 saturated heterocycles. The highest BCUT2D eigenvalue weighted by Gasteiger charge is 2.56. The topological polar surface area (TPSA) is 40.5 Å². The molecule has 0 bridgehead atoms. The van der Waals surface area contributed by atoms with Crippen molar-refractivity contribution in [1.29, 1.82) is 0 Å². The Morgan fingerprint density at radius 2 is 1.83 bits per heavy atom. The minimum Gasteiger partial charge on any atom is -0.393 e. The van der Waals surface area contributed by atoms with Gasteiger partial charge in [0.05, 0.1) is 12.2 Å². The molecule has 0 aromatic carbocycles. The Labute approximate surface area is 140 Å². The van der Waals surface area contributed by atoms with Gasteiger partial charge < -0.3 is 10.2 Å². The number of fused-ring (bicyclic) bond motifs is 5. The van der Waals surface area contributed by atoms with E-state index in [1.54, 1.807) is 5.57 Å². The van der Waals surface area contributed by atoms with Crippen molar-refractivity contribution in [3.8, 4) is 0 Å². The molecule has 2 nitrogen and oxygen atoms in total. The molecule has 0 radical (unpaired) electrons. The highest BCUT2D eigenvalue weighted by molar-refractivity contribution is 5.34. The van der Waals surface area contributed by atoms with Crippen LogP contribution in [0.25, 0.3) is 0 Å². The minimum atomic E-state index is -0.208. The second-order valence-corrected chi connectivity index (χ2v) is 9.19. The maximum atomic E-state index is 10.2. The van der Waals surface area contributed by atoms with Gasteiger partial charge in [-0.1, -0.05) is 37.1 Å². The van der Waals surface area contributed by atoms with Crippen molar-refractivity contribution in [2.75, 3.05) is 0 Å². The van der Waals surface area contributed by atoms with E-state index in [2.05, 4.69) is 26.0 Å². The maximum absolute atomic E-state index is 10.2. The zero-order chi connectivity index (χ0) is 16.4. The van der Waals surface area contributed by atoms with Gasteiger partial charge >= 0.3 is 0 Å². The molecule has 0 aliphatic heterocycles. The standard InChI is InChI=1S/C21H32O2/c1-13(22)17-6-7-18-16-5-4-14-12-15(23)8-10-20(14,2)19(16)9-11-21(17,18)3/h4,7,13,15-17,19,22-23H,5-6,8-12H2,1-3H3/t13?,15?,16-,17+,19-,20-,21+/m0/s1. The quantitative estimate of drug-likeness (QED) is 0.711. The molecule has 4 aliphatic rings. The molecule has 4 aliphatic carbocycles. The number of hydrogen-bond acceptors (Lipinski definition) is 2. The monoisotopic (exact) mass is 316 g/mol. The van der Waals surface area contributed by atoms with E-state index >= 15 is 0 Å². The van der Waals surface area contributed by atoms with Gasteiger partial charge in [-0.3, -0.25) is 0 Å². The number of aliphatic hydroxyl groups excluding tert-OH is 2. The summed E-state index contributed by atoms with van der Waals surface area (Å²) >= 11 is 0. The second kappa shape index (κ2) is 5.20. The van der Waals surface area contributed by atoms with Crippen LogP contribution in [0, 0.1) is 28.6 Å². The first-order valence-electron chi connectivity index (χ1n) is 9.62. The first-order chi connectivity index (χ1) is 10.9. The Morgan fingerprint density at radius 1 is 1.09 bits per heavy atom. The van der Waals surface area contributed by atoms with Gasteiger partial charge in [0.1, 0.15) is 0 Å².